The third-order valence-corrected chi connectivity index (χ3v) is 4.09. The summed E-state index contributed by atoms with van der Waals surface area (Å²) in [6.45, 7) is 15.3. The Morgan fingerprint density at radius 2 is 0.774 bits per heavy atom. The minimum Gasteiger partial charge on any atom is -0.394 e. The molecule has 0 unspecified atom stereocenters. The first-order chi connectivity index (χ1) is 15.3. The van der Waals surface area contributed by atoms with Gasteiger partial charge in [0.25, 0.3) is 0 Å². The Hall–Kier alpha value is -0.360. The standard InChI is InChI=1S/C22H47NO8/c1-3-5-23(6-10-26-14-16-28-12-8-24)7-11-27-15-18-30-20-22-31-21-19-29-17-13-25-9-4-2/h24H,3-22H2,1-2H3. The smallest absolute Gasteiger partial charge is 0.0701 e. The van der Waals surface area contributed by atoms with Gasteiger partial charge in [0.1, 0.15) is 0 Å². The lowest BCUT2D eigenvalue weighted by Crippen LogP contribution is -2.32. The summed E-state index contributed by atoms with van der Waals surface area (Å²) in [7, 11) is 0. The Bertz CT molecular complexity index is 326. The van der Waals surface area contributed by atoms with E-state index < -0.39 is 0 Å². The van der Waals surface area contributed by atoms with Crippen molar-refractivity contribution in [1.82, 2.24) is 4.90 Å². The van der Waals surface area contributed by atoms with Gasteiger partial charge in [-0.05, 0) is 19.4 Å². The number of nitrogens with zero attached hydrogens (tertiary/aromatic N) is 1. The number of aliphatic hydroxyl groups excluding tert-OH is 1. The van der Waals surface area contributed by atoms with Crippen LogP contribution in [-0.4, -0.2) is 129 Å². The van der Waals surface area contributed by atoms with Gasteiger partial charge in [0.2, 0.25) is 0 Å². The maximum absolute atomic E-state index is 8.63. The Labute approximate surface area is 189 Å². The van der Waals surface area contributed by atoms with Crippen LogP contribution in [0.3, 0.4) is 0 Å². The van der Waals surface area contributed by atoms with Crippen molar-refractivity contribution in [2.45, 2.75) is 26.7 Å². The molecule has 0 saturated heterocycles. The van der Waals surface area contributed by atoms with Crippen molar-refractivity contribution in [1.29, 1.82) is 0 Å². The largest absolute Gasteiger partial charge is 0.394 e. The predicted molar refractivity (Wildman–Crippen MR) is 120 cm³/mol. The van der Waals surface area contributed by atoms with E-state index >= 15 is 0 Å². The minimum atomic E-state index is 0.0499. The molecule has 1 N–H and O–H groups in total. The Balaban J connectivity index is 3.33. The molecule has 0 spiro atoms. The summed E-state index contributed by atoms with van der Waals surface area (Å²) < 4.78 is 38.1. The molecule has 0 aromatic carbocycles. The lowest BCUT2D eigenvalue weighted by atomic mass is 10.4. The van der Waals surface area contributed by atoms with Crippen LogP contribution in [-0.2, 0) is 33.2 Å². The molecule has 0 fully saturated rings. The predicted octanol–water partition coefficient (Wildman–Crippen LogP) is 1.22. The molecule has 0 atom stereocenters. The van der Waals surface area contributed by atoms with Crippen molar-refractivity contribution >= 4 is 0 Å². The van der Waals surface area contributed by atoms with Crippen molar-refractivity contribution < 1.29 is 38.3 Å². The van der Waals surface area contributed by atoms with E-state index in [2.05, 4.69) is 18.7 Å². The van der Waals surface area contributed by atoms with Gasteiger partial charge < -0.3 is 38.3 Å². The average molecular weight is 454 g/mol. The Kier molecular flexibility index (Phi) is 27.4. The van der Waals surface area contributed by atoms with E-state index in [1.807, 2.05) is 0 Å². The normalized spacial score (nSPS) is 11.6. The van der Waals surface area contributed by atoms with Gasteiger partial charge in [-0.3, -0.25) is 4.90 Å². The number of ether oxygens (including phenoxy) is 7. The van der Waals surface area contributed by atoms with Gasteiger partial charge in [-0.2, -0.15) is 0 Å². The highest BCUT2D eigenvalue weighted by Crippen LogP contribution is 1.93. The van der Waals surface area contributed by atoms with Crippen LogP contribution in [0.15, 0.2) is 0 Å². The minimum absolute atomic E-state index is 0.0499. The molecule has 0 aromatic rings. The zero-order valence-electron chi connectivity index (χ0n) is 19.9. The van der Waals surface area contributed by atoms with Crippen LogP contribution in [0.4, 0.5) is 0 Å². The molecule has 188 valence electrons. The van der Waals surface area contributed by atoms with E-state index in [0.29, 0.717) is 85.9 Å². The summed E-state index contributed by atoms with van der Waals surface area (Å²) in [4.78, 5) is 2.33. The first-order valence-corrected chi connectivity index (χ1v) is 11.7. The lowest BCUT2D eigenvalue weighted by Gasteiger charge is -2.21. The van der Waals surface area contributed by atoms with Gasteiger partial charge in [-0.1, -0.05) is 13.8 Å². The second-order valence-electron chi connectivity index (χ2n) is 6.85. The number of hydrogen-bond acceptors (Lipinski definition) is 9. The average Bonchev–Trinajstić information content (AvgIpc) is 2.78. The fraction of sp³-hybridized carbons (Fsp3) is 1.00. The molecule has 0 saturated carbocycles. The first kappa shape index (κ1) is 30.6. The molecular weight excluding hydrogens is 406 g/mol. The summed E-state index contributed by atoms with van der Waals surface area (Å²) in [5, 5.41) is 8.63. The fourth-order valence-corrected chi connectivity index (χ4v) is 2.55. The quantitative estimate of drug-likeness (QED) is 0.184. The maximum atomic E-state index is 8.63. The molecule has 0 rings (SSSR count). The van der Waals surface area contributed by atoms with Gasteiger partial charge in [0.15, 0.2) is 0 Å². The van der Waals surface area contributed by atoms with Gasteiger partial charge in [0, 0.05) is 19.7 Å². The SMILES string of the molecule is CCCOCCOCCOCCOCCOCCN(CCC)CCOCCOCCO. The molecule has 0 amide bonds. The molecule has 9 heteroatoms. The zero-order valence-corrected chi connectivity index (χ0v) is 19.9. The first-order valence-electron chi connectivity index (χ1n) is 11.7. The summed E-state index contributed by atoms with van der Waals surface area (Å²) >= 11 is 0. The molecule has 31 heavy (non-hydrogen) atoms. The third-order valence-electron chi connectivity index (χ3n) is 4.09. The van der Waals surface area contributed by atoms with Crippen LogP contribution in [0.1, 0.15) is 26.7 Å². The van der Waals surface area contributed by atoms with Gasteiger partial charge in [-0.25, -0.2) is 0 Å². The van der Waals surface area contributed by atoms with E-state index in [0.717, 1.165) is 39.1 Å². The van der Waals surface area contributed by atoms with E-state index in [9.17, 15) is 0 Å². The lowest BCUT2D eigenvalue weighted by molar-refractivity contribution is -0.0129. The molecular formula is C22H47NO8. The van der Waals surface area contributed by atoms with Gasteiger partial charge in [0.05, 0.1) is 92.5 Å². The third kappa shape index (κ3) is 25.8. The number of rotatable bonds is 27. The van der Waals surface area contributed by atoms with Crippen LogP contribution in [0.2, 0.25) is 0 Å². The van der Waals surface area contributed by atoms with E-state index in [4.69, 9.17) is 38.3 Å². The van der Waals surface area contributed by atoms with Crippen LogP contribution < -0.4 is 0 Å². The van der Waals surface area contributed by atoms with Crippen molar-refractivity contribution in [2.75, 3.05) is 119 Å². The van der Waals surface area contributed by atoms with Crippen LogP contribution in [0.25, 0.3) is 0 Å². The topological polar surface area (TPSA) is 88.1 Å². The molecule has 0 aliphatic rings. The summed E-state index contributed by atoms with van der Waals surface area (Å²) in [5.41, 5.74) is 0. The highest BCUT2D eigenvalue weighted by molar-refractivity contribution is 4.56. The van der Waals surface area contributed by atoms with Crippen LogP contribution >= 0.6 is 0 Å². The summed E-state index contributed by atoms with van der Waals surface area (Å²) in [6, 6.07) is 0. The Morgan fingerprint density at radius 3 is 1.13 bits per heavy atom. The second-order valence-corrected chi connectivity index (χ2v) is 6.85. The monoisotopic (exact) mass is 453 g/mol. The van der Waals surface area contributed by atoms with Crippen LogP contribution in [0.5, 0.6) is 0 Å². The van der Waals surface area contributed by atoms with Gasteiger partial charge >= 0.3 is 0 Å². The number of hydrogen-bond donors (Lipinski definition) is 1. The Morgan fingerprint density at radius 1 is 0.419 bits per heavy atom. The zero-order chi connectivity index (χ0) is 22.7. The number of aliphatic hydroxyl groups is 1. The van der Waals surface area contributed by atoms with E-state index in [1.165, 1.54) is 0 Å². The molecule has 0 bridgehead atoms. The van der Waals surface area contributed by atoms with Crippen molar-refractivity contribution in [2.24, 2.45) is 0 Å². The van der Waals surface area contributed by atoms with Crippen molar-refractivity contribution in [3.8, 4) is 0 Å². The van der Waals surface area contributed by atoms with Crippen molar-refractivity contribution in [3.05, 3.63) is 0 Å². The molecule has 0 aliphatic heterocycles. The molecule has 9 nitrogen and oxygen atoms in total. The van der Waals surface area contributed by atoms with Gasteiger partial charge in [-0.15, -0.1) is 0 Å². The molecule has 0 aromatic heterocycles. The second kappa shape index (κ2) is 27.7. The van der Waals surface area contributed by atoms with E-state index in [1.54, 1.807) is 0 Å². The summed E-state index contributed by atoms with van der Waals surface area (Å²) in [6.07, 6.45) is 2.13. The molecule has 0 heterocycles. The maximum Gasteiger partial charge on any atom is 0.0701 e. The molecule has 0 radical (unpaired) electrons. The van der Waals surface area contributed by atoms with Crippen LogP contribution in [0, 0.1) is 0 Å². The highest BCUT2D eigenvalue weighted by Gasteiger charge is 2.04. The highest BCUT2D eigenvalue weighted by atomic mass is 16.6. The fourth-order valence-electron chi connectivity index (χ4n) is 2.55. The molecule has 0 aliphatic carbocycles. The van der Waals surface area contributed by atoms with Crippen molar-refractivity contribution in [3.63, 3.8) is 0 Å². The summed E-state index contributed by atoms with van der Waals surface area (Å²) in [5.74, 6) is 0. The van der Waals surface area contributed by atoms with E-state index in [-0.39, 0.29) is 6.61 Å².